The largest absolute Gasteiger partial charge is 0.466 e. The van der Waals surface area contributed by atoms with E-state index >= 15 is 0 Å². The summed E-state index contributed by atoms with van der Waals surface area (Å²) in [6, 6.07) is 0. The monoisotopic (exact) mass is 272 g/mol. The number of carbonyl (C=O) groups is 2. The van der Waals surface area contributed by atoms with Crippen LogP contribution in [0, 0.1) is 0 Å². The molecule has 7 nitrogen and oxygen atoms in total. The fourth-order valence-electron chi connectivity index (χ4n) is 1.71. The van der Waals surface area contributed by atoms with Crippen LogP contribution in [0.15, 0.2) is 12.2 Å². The van der Waals surface area contributed by atoms with E-state index in [0.29, 0.717) is 19.8 Å². The maximum absolute atomic E-state index is 11.3. The quantitative estimate of drug-likeness (QED) is 0.352. The summed E-state index contributed by atoms with van der Waals surface area (Å²) in [5.74, 6) is -2.16. The van der Waals surface area contributed by atoms with Crippen LogP contribution in [0.4, 0.5) is 0 Å². The molecular weight excluding hydrogens is 252 g/mol. The Bertz CT molecular complexity index is 352. The van der Waals surface area contributed by atoms with Crippen LogP contribution in [0.5, 0.6) is 0 Å². The van der Waals surface area contributed by atoms with Crippen molar-refractivity contribution in [2.75, 3.05) is 40.0 Å². The number of morpholine rings is 1. The molecule has 1 unspecified atom stereocenters. The fraction of sp³-hybridized carbons (Fsp3) is 0.667. The number of ether oxygens (including phenoxy) is 2. The maximum atomic E-state index is 11.3. The summed E-state index contributed by atoms with van der Waals surface area (Å²) in [5, 5.41) is 9.86. The van der Waals surface area contributed by atoms with E-state index in [1.807, 2.05) is 0 Å². The molecular formula is C12H20N2O5. The van der Waals surface area contributed by atoms with Crippen molar-refractivity contribution < 1.29 is 24.2 Å². The van der Waals surface area contributed by atoms with Crippen molar-refractivity contribution in [3.8, 4) is 0 Å². The summed E-state index contributed by atoms with van der Waals surface area (Å²) in [5.41, 5.74) is 2.73. The van der Waals surface area contributed by atoms with Crippen molar-refractivity contribution in [2.45, 2.75) is 12.0 Å². The van der Waals surface area contributed by atoms with Gasteiger partial charge in [-0.05, 0) is 0 Å². The minimum Gasteiger partial charge on any atom is -0.466 e. The molecule has 19 heavy (non-hydrogen) atoms. The average Bonchev–Trinajstić information content (AvgIpc) is 2.43. The topological polar surface area (TPSA) is 102 Å². The van der Waals surface area contributed by atoms with E-state index in [9.17, 15) is 14.7 Å². The van der Waals surface area contributed by atoms with E-state index in [1.54, 1.807) is 12.2 Å². The lowest BCUT2D eigenvalue weighted by molar-refractivity contribution is -0.167. The number of aliphatic hydroxyl groups is 1. The molecule has 0 saturated carbocycles. The molecule has 0 aromatic rings. The molecule has 3 N–H and O–H groups in total. The lowest BCUT2D eigenvalue weighted by Crippen LogP contribution is -2.51. The number of methoxy groups -OCH3 is 1. The van der Waals surface area contributed by atoms with E-state index in [4.69, 9.17) is 10.5 Å². The Kier molecular flexibility index (Phi) is 5.94. The molecule has 1 saturated heterocycles. The number of carbonyl (C=O) groups excluding carboxylic acids is 2. The highest BCUT2D eigenvalue weighted by Crippen LogP contribution is 2.13. The lowest BCUT2D eigenvalue weighted by Gasteiger charge is -2.25. The molecule has 108 valence electrons. The van der Waals surface area contributed by atoms with Gasteiger partial charge in [0.05, 0.1) is 20.3 Å². The Morgan fingerprint density at radius 3 is 2.58 bits per heavy atom. The molecule has 1 aliphatic heterocycles. The van der Waals surface area contributed by atoms with Crippen LogP contribution < -0.4 is 5.73 Å². The zero-order chi connectivity index (χ0) is 14.3. The summed E-state index contributed by atoms with van der Waals surface area (Å²) >= 11 is 0. The van der Waals surface area contributed by atoms with Gasteiger partial charge in [0.25, 0.3) is 5.91 Å². The molecule has 1 rings (SSSR count). The third kappa shape index (κ3) is 4.30. The Balaban J connectivity index is 2.47. The predicted octanol–water partition coefficient (Wildman–Crippen LogP) is -1.35. The second-order valence-electron chi connectivity index (χ2n) is 4.30. The van der Waals surface area contributed by atoms with Gasteiger partial charge in [-0.1, -0.05) is 12.2 Å². The van der Waals surface area contributed by atoms with Crippen molar-refractivity contribution in [1.82, 2.24) is 4.90 Å². The van der Waals surface area contributed by atoms with Crippen LogP contribution in [0.3, 0.4) is 0 Å². The highest BCUT2D eigenvalue weighted by atomic mass is 16.5. The minimum absolute atomic E-state index is 0.195. The first-order chi connectivity index (χ1) is 9.00. The maximum Gasteiger partial charge on any atom is 0.348 e. The van der Waals surface area contributed by atoms with Crippen LogP contribution in [0.1, 0.15) is 6.42 Å². The van der Waals surface area contributed by atoms with Gasteiger partial charge < -0.3 is 20.3 Å². The highest BCUT2D eigenvalue weighted by Gasteiger charge is 2.42. The van der Waals surface area contributed by atoms with Crippen molar-refractivity contribution in [2.24, 2.45) is 5.73 Å². The number of nitrogens with zero attached hydrogens (tertiary/aromatic N) is 1. The first-order valence-electron chi connectivity index (χ1n) is 6.06. The zero-order valence-electron chi connectivity index (χ0n) is 11.0. The first kappa shape index (κ1) is 15.6. The van der Waals surface area contributed by atoms with Gasteiger partial charge in [-0.3, -0.25) is 9.69 Å². The molecule has 1 amide bonds. The smallest absolute Gasteiger partial charge is 0.348 e. The Morgan fingerprint density at radius 2 is 2.05 bits per heavy atom. The molecule has 0 bridgehead atoms. The van der Waals surface area contributed by atoms with E-state index in [1.165, 1.54) is 0 Å². The number of nitrogens with two attached hydrogens (primary N) is 1. The van der Waals surface area contributed by atoms with E-state index in [0.717, 1.165) is 20.2 Å². The predicted molar refractivity (Wildman–Crippen MR) is 67.2 cm³/mol. The number of esters is 1. The molecule has 7 heteroatoms. The Labute approximate surface area is 112 Å². The second-order valence-corrected chi connectivity index (χ2v) is 4.30. The SMILES string of the molecule is COC(=O)C(O)(C/C=C/CN1CCOCC1)C(N)=O. The van der Waals surface area contributed by atoms with Crippen molar-refractivity contribution in [3.05, 3.63) is 12.2 Å². The van der Waals surface area contributed by atoms with Crippen LogP contribution >= 0.6 is 0 Å². The normalized spacial score (nSPS) is 20.1. The van der Waals surface area contributed by atoms with Crippen LogP contribution in [0.25, 0.3) is 0 Å². The van der Waals surface area contributed by atoms with Crippen molar-refractivity contribution in [3.63, 3.8) is 0 Å². The molecule has 0 spiro atoms. The van der Waals surface area contributed by atoms with Gasteiger partial charge in [0.15, 0.2) is 0 Å². The molecule has 0 radical (unpaired) electrons. The fourth-order valence-corrected chi connectivity index (χ4v) is 1.71. The lowest BCUT2D eigenvalue weighted by atomic mass is 9.99. The summed E-state index contributed by atoms with van der Waals surface area (Å²) in [6.07, 6.45) is 3.14. The van der Waals surface area contributed by atoms with Gasteiger partial charge in [0.1, 0.15) is 0 Å². The third-order valence-corrected chi connectivity index (χ3v) is 2.98. The van der Waals surface area contributed by atoms with E-state index in [2.05, 4.69) is 9.64 Å². The molecule has 1 atom stereocenters. The Morgan fingerprint density at radius 1 is 1.42 bits per heavy atom. The number of primary amides is 1. The number of hydrogen-bond acceptors (Lipinski definition) is 6. The average molecular weight is 272 g/mol. The van der Waals surface area contributed by atoms with Gasteiger partial charge in [0, 0.05) is 26.1 Å². The van der Waals surface area contributed by atoms with Gasteiger partial charge in [-0.25, -0.2) is 4.79 Å². The summed E-state index contributed by atoms with van der Waals surface area (Å²) < 4.78 is 9.58. The summed E-state index contributed by atoms with van der Waals surface area (Å²) in [7, 11) is 1.09. The van der Waals surface area contributed by atoms with Crippen LogP contribution in [0.2, 0.25) is 0 Å². The van der Waals surface area contributed by atoms with Crippen molar-refractivity contribution >= 4 is 11.9 Å². The number of amides is 1. The van der Waals surface area contributed by atoms with E-state index < -0.39 is 17.5 Å². The van der Waals surface area contributed by atoms with Crippen LogP contribution in [-0.4, -0.2) is 67.4 Å². The summed E-state index contributed by atoms with van der Waals surface area (Å²) in [6.45, 7) is 3.73. The van der Waals surface area contributed by atoms with E-state index in [-0.39, 0.29) is 6.42 Å². The second kappa shape index (κ2) is 7.22. The first-order valence-corrected chi connectivity index (χ1v) is 6.06. The molecule has 0 aliphatic carbocycles. The van der Waals surface area contributed by atoms with Gasteiger partial charge >= 0.3 is 5.97 Å². The van der Waals surface area contributed by atoms with Crippen LogP contribution in [-0.2, 0) is 19.1 Å². The summed E-state index contributed by atoms with van der Waals surface area (Å²) in [4.78, 5) is 24.6. The molecule has 0 aromatic heterocycles. The molecule has 1 aliphatic rings. The van der Waals surface area contributed by atoms with Gasteiger partial charge in [-0.15, -0.1) is 0 Å². The Hall–Kier alpha value is -1.44. The highest BCUT2D eigenvalue weighted by molar-refractivity contribution is 6.05. The van der Waals surface area contributed by atoms with Crippen molar-refractivity contribution in [1.29, 1.82) is 0 Å². The van der Waals surface area contributed by atoms with Gasteiger partial charge in [0.2, 0.25) is 5.60 Å². The third-order valence-electron chi connectivity index (χ3n) is 2.98. The number of hydrogen-bond donors (Lipinski definition) is 2. The number of rotatable bonds is 6. The molecule has 0 aromatic carbocycles. The standard InChI is InChI=1S/C12H20N2O5/c1-18-11(16)12(17,10(13)15)4-2-3-5-14-6-8-19-9-7-14/h2-3,17H,4-9H2,1H3,(H2,13,15)/b3-2+. The molecule has 1 heterocycles. The minimum atomic E-state index is -2.30. The molecule has 1 fully saturated rings. The zero-order valence-corrected chi connectivity index (χ0v) is 11.0. The van der Waals surface area contributed by atoms with Gasteiger partial charge in [-0.2, -0.15) is 0 Å².